The molecule has 1 aromatic heterocycles. The van der Waals surface area contributed by atoms with Crippen molar-refractivity contribution >= 4 is 40.5 Å². The first-order valence-corrected chi connectivity index (χ1v) is 10.4. The molecule has 2 amide bonds. The summed E-state index contributed by atoms with van der Waals surface area (Å²) in [6.45, 7) is 3.86. The fraction of sp³-hybridized carbons (Fsp3) is 0.381. The zero-order valence-electron chi connectivity index (χ0n) is 16.6. The Hall–Kier alpha value is -2.87. The highest BCUT2D eigenvalue weighted by atomic mass is 32.1. The van der Waals surface area contributed by atoms with Gasteiger partial charge < -0.3 is 20.3 Å². The van der Waals surface area contributed by atoms with Crippen molar-refractivity contribution in [3.63, 3.8) is 0 Å². The average Bonchev–Trinajstić information content (AvgIpc) is 3.39. The van der Waals surface area contributed by atoms with E-state index in [2.05, 4.69) is 20.3 Å². The number of methoxy groups -OCH3 is 1. The average molecular weight is 416 g/mol. The Balaban J connectivity index is 1.51. The number of ether oxygens (including phenoxy) is 1. The maximum absolute atomic E-state index is 12.4. The molecule has 2 heterocycles. The second kappa shape index (κ2) is 9.56. The van der Waals surface area contributed by atoms with Crippen LogP contribution in [-0.2, 0) is 9.53 Å². The summed E-state index contributed by atoms with van der Waals surface area (Å²) in [6.07, 6.45) is 2.53. The van der Waals surface area contributed by atoms with E-state index in [9.17, 15) is 14.4 Å². The molecular weight excluding hydrogens is 390 g/mol. The lowest BCUT2D eigenvalue weighted by atomic mass is 10.2. The molecular formula is C21H25N3O4S. The molecule has 0 bridgehead atoms. The van der Waals surface area contributed by atoms with Crippen LogP contribution in [0.2, 0.25) is 0 Å². The zero-order chi connectivity index (χ0) is 20.8. The number of thiophene rings is 1. The maximum atomic E-state index is 12.4. The predicted molar refractivity (Wildman–Crippen MR) is 114 cm³/mol. The van der Waals surface area contributed by atoms with Crippen molar-refractivity contribution in [2.75, 3.05) is 30.4 Å². The maximum Gasteiger partial charge on any atom is 0.348 e. The molecule has 0 saturated carbocycles. The van der Waals surface area contributed by atoms with Crippen molar-refractivity contribution in [2.24, 2.45) is 0 Å². The van der Waals surface area contributed by atoms with Crippen LogP contribution in [0.4, 0.5) is 11.4 Å². The first-order valence-electron chi connectivity index (χ1n) is 9.60. The molecule has 1 aromatic carbocycles. The second-order valence-corrected chi connectivity index (χ2v) is 8.11. The lowest BCUT2D eigenvalue weighted by molar-refractivity contribution is -0.116. The van der Waals surface area contributed by atoms with Crippen LogP contribution in [0.25, 0.3) is 0 Å². The van der Waals surface area contributed by atoms with Gasteiger partial charge >= 0.3 is 5.97 Å². The summed E-state index contributed by atoms with van der Waals surface area (Å²) in [6, 6.07) is 10.6. The van der Waals surface area contributed by atoms with E-state index in [0.29, 0.717) is 9.75 Å². The minimum absolute atomic E-state index is 0.148. The molecule has 1 aliphatic rings. The van der Waals surface area contributed by atoms with Crippen molar-refractivity contribution in [2.45, 2.75) is 32.2 Å². The summed E-state index contributed by atoms with van der Waals surface area (Å²) in [5.41, 5.74) is 1.86. The highest BCUT2D eigenvalue weighted by Gasteiger charge is 2.18. The number of anilines is 2. The molecule has 0 radical (unpaired) electrons. The number of benzene rings is 1. The third-order valence-electron chi connectivity index (χ3n) is 4.69. The van der Waals surface area contributed by atoms with Crippen LogP contribution in [0.3, 0.4) is 0 Å². The standard InChI is InChI=1S/C21H25N3O4S/c1-14(22-20(26)17-8-9-18(29-17)21(27)28-2)12-19(25)23-15-6-5-7-16(13-15)24-10-3-4-11-24/h5-9,13-14H,3-4,10-12H2,1-2H3,(H,22,26)(H,23,25). The van der Waals surface area contributed by atoms with Gasteiger partial charge in [0.05, 0.1) is 12.0 Å². The quantitative estimate of drug-likeness (QED) is 0.678. The van der Waals surface area contributed by atoms with Gasteiger partial charge in [0.1, 0.15) is 4.88 Å². The summed E-state index contributed by atoms with van der Waals surface area (Å²) >= 11 is 1.06. The van der Waals surface area contributed by atoms with Gasteiger partial charge in [-0.3, -0.25) is 9.59 Å². The van der Waals surface area contributed by atoms with E-state index < -0.39 is 5.97 Å². The smallest absolute Gasteiger partial charge is 0.348 e. The number of carbonyl (C=O) groups excluding carboxylic acids is 3. The number of rotatable bonds is 7. The van der Waals surface area contributed by atoms with Crippen molar-refractivity contribution in [3.05, 3.63) is 46.2 Å². The van der Waals surface area contributed by atoms with E-state index >= 15 is 0 Å². The highest BCUT2D eigenvalue weighted by molar-refractivity contribution is 7.15. The first-order chi connectivity index (χ1) is 14.0. The molecule has 8 heteroatoms. The molecule has 3 rings (SSSR count). The van der Waals surface area contributed by atoms with Gasteiger partial charge in [0, 0.05) is 36.9 Å². The normalized spacial score (nSPS) is 14.3. The lowest BCUT2D eigenvalue weighted by Crippen LogP contribution is -2.35. The van der Waals surface area contributed by atoms with E-state index in [-0.39, 0.29) is 24.3 Å². The van der Waals surface area contributed by atoms with Crippen molar-refractivity contribution in [1.29, 1.82) is 0 Å². The molecule has 1 fully saturated rings. The van der Waals surface area contributed by atoms with Gasteiger partial charge in [-0.2, -0.15) is 0 Å². The van der Waals surface area contributed by atoms with Gasteiger partial charge in [0.15, 0.2) is 0 Å². The molecule has 2 N–H and O–H groups in total. The van der Waals surface area contributed by atoms with E-state index in [1.807, 2.05) is 24.3 Å². The molecule has 1 unspecified atom stereocenters. The van der Waals surface area contributed by atoms with E-state index in [0.717, 1.165) is 35.8 Å². The van der Waals surface area contributed by atoms with E-state index in [1.54, 1.807) is 19.1 Å². The van der Waals surface area contributed by atoms with Gasteiger partial charge in [-0.15, -0.1) is 11.3 Å². The number of amides is 2. The fourth-order valence-electron chi connectivity index (χ4n) is 3.26. The summed E-state index contributed by atoms with van der Waals surface area (Å²) < 4.78 is 4.64. The highest BCUT2D eigenvalue weighted by Crippen LogP contribution is 2.23. The van der Waals surface area contributed by atoms with Gasteiger partial charge in [0.2, 0.25) is 5.91 Å². The topological polar surface area (TPSA) is 87.7 Å². The van der Waals surface area contributed by atoms with Gasteiger partial charge in [0.25, 0.3) is 5.91 Å². The monoisotopic (exact) mass is 415 g/mol. The summed E-state index contributed by atoms with van der Waals surface area (Å²) in [5, 5.41) is 5.69. The fourth-order valence-corrected chi connectivity index (χ4v) is 4.09. The Morgan fingerprint density at radius 1 is 1.14 bits per heavy atom. The van der Waals surface area contributed by atoms with E-state index in [4.69, 9.17) is 0 Å². The Bertz CT molecular complexity index is 890. The molecule has 154 valence electrons. The van der Waals surface area contributed by atoms with Crippen LogP contribution in [0.1, 0.15) is 45.5 Å². The predicted octanol–water partition coefficient (Wildman–Crippen LogP) is 3.28. The van der Waals surface area contributed by atoms with Crippen molar-refractivity contribution < 1.29 is 19.1 Å². The molecule has 1 aliphatic heterocycles. The van der Waals surface area contributed by atoms with Crippen LogP contribution in [0.15, 0.2) is 36.4 Å². The third-order valence-corrected chi connectivity index (χ3v) is 5.75. The number of hydrogen-bond acceptors (Lipinski definition) is 6. The SMILES string of the molecule is COC(=O)c1ccc(C(=O)NC(C)CC(=O)Nc2cccc(N3CCCC3)c2)s1. The lowest BCUT2D eigenvalue weighted by Gasteiger charge is -2.19. The third kappa shape index (κ3) is 5.57. The molecule has 1 atom stereocenters. The van der Waals surface area contributed by atoms with Crippen LogP contribution >= 0.6 is 11.3 Å². The summed E-state index contributed by atoms with van der Waals surface area (Å²) in [5.74, 6) is -0.961. The molecule has 2 aromatic rings. The van der Waals surface area contributed by atoms with Crippen LogP contribution in [-0.4, -0.2) is 44.0 Å². The molecule has 7 nitrogen and oxygen atoms in total. The molecule has 1 saturated heterocycles. The first kappa shape index (κ1) is 20.9. The zero-order valence-corrected chi connectivity index (χ0v) is 17.4. The minimum Gasteiger partial charge on any atom is -0.465 e. The van der Waals surface area contributed by atoms with Crippen LogP contribution < -0.4 is 15.5 Å². The Labute approximate surface area is 174 Å². The Morgan fingerprint density at radius 3 is 2.59 bits per heavy atom. The summed E-state index contributed by atoms with van der Waals surface area (Å²) in [7, 11) is 1.29. The summed E-state index contributed by atoms with van der Waals surface area (Å²) in [4.78, 5) is 39.3. The van der Waals surface area contributed by atoms with Crippen LogP contribution in [0, 0.1) is 0 Å². The Kier molecular flexibility index (Phi) is 6.87. The van der Waals surface area contributed by atoms with Gasteiger partial charge in [-0.1, -0.05) is 6.07 Å². The van der Waals surface area contributed by atoms with Gasteiger partial charge in [-0.05, 0) is 50.1 Å². The number of carbonyl (C=O) groups is 3. The molecule has 0 spiro atoms. The number of nitrogens with one attached hydrogen (secondary N) is 2. The Morgan fingerprint density at radius 2 is 1.86 bits per heavy atom. The number of hydrogen-bond donors (Lipinski definition) is 2. The second-order valence-electron chi connectivity index (χ2n) is 7.03. The number of esters is 1. The van der Waals surface area contributed by atoms with Crippen molar-refractivity contribution in [3.8, 4) is 0 Å². The van der Waals surface area contributed by atoms with E-state index in [1.165, 1.54) is 20.0 Å². The largest absolute Gasteiger partial charge is 0.465 e. The molecule has 0 aliphatic carbocycles. The minimum atomic E-state index is -0.474. The molecule has 29 heavy (non-hydrogen) atoms. The number of nitrogens with zero attached hydrogens (tertiary/aromatic N) is 1. The van der Waals surface area contributed by atoms with Crippen molar-refractivity contribution in [1.82, 2.24) is 5.32 Å². The van der Waals surface area contributed by atoms with Gasteiger partial charge in [-0.25, -0.2) is 4.79 Å². The van der Waals surface area contributed by atoms with Crippen LogP contribution in [0.5, 0.6) is 0 Å².